The summed E-state index contributed by atoms with van der Waals surface area (Å²) in [4.78, 5) is 34.8. The van der Waals surface area contributed by atoms with Crippen LogP contribution in [0.25, 0.3) is 22.2 Å². The maximum Gasteiger partial charge on any atom is 0.231 e. The summed E-state index contributed by atoms with van der Waals surface area (Å²) < 4.78 is 0. The van der Waals surface area contributed by atoms with E-state index in [1.807, 2.05) is 49.6 Å². The Morgan fingerprint density at radius 3 is 2.30 bits per heavy atom. The van der Waals surface area contributed by atoms with E-state index in [-0.39, 0.29) is 5.91 Å². The second-order valence-corrected chi connectivity index (χ2v) is 8.84. The Hall–Kier alpha value is -4.30. The maximum absolute atomic E-state index is 11.1. The molecule has 1 aliphatic rings. The molecule has 3 N–H and O–H groups in total. The van der Waals surface area contributed by atoms with E-state index in [9.17, 15) is 9.59 Å². The van der Waals surface area contributed by atoms with Gasteiger partial charge >= 0.3 is 0 Å². The van der Waals surface area contributed by atoms with Gasteiger partial charge in [0.1, 0.15) is 12.1 Å². The summed E-state index contributed by atoms with van der Waals surface area (Å²) in [5, 5.41) is 3.14. The number of fused-ring (bicyclic) bond motifs is 1. The van der Waals surface area contributed by atoms with Gasteiger partial charge in [0.2, 0.25) is 5.91 Å². The molecule has 8 nitrogen and oxygen atoms in total. The summed E-state index contributed by atoms with van der Waals surface area (Å²) in [7, 11) is 1.91. The standard InChI is InChI=1S/C21H24N6O.C8H8O/c1-23-17-5-2-15(3-6-17)16-4-7-18-19(12-16)25-21(13-24-18)27-10-8-26(9-11-27)14-20(22)28;9-7-6-8-4-2-1-3-5-8/h2-7,12-13,23H,8-11,14H2,1H3,(H2,22,28);1-5,7H,6H2. The topological polar surface area (TPSA) is 104 Å². The van der Waals surface area contributed by atoms with Crippen LogP contribution in [0.5, 0.6) is 0 Å². The number of amides is 1. The van der Waals surface area contributed by atoms with E-state index in [4.69, 9.17) is 10.7 Å². The van der Waals surface area contributed by atoms with Gasteiger partial charge in [-0.1, -0.05) is 48.5 Å². The van der Waals surface area contributed by atoms with Crippen molar-refractivity contribution in [3.8, 4) is 11.1 Å². The first-order chi connectivity index (χ1) is 18.1. The summed E-state index contributed by atoms with van der Waals surface area (Å²) in [6.45, 7) is 3.51. The molecule has 8 heteroatoms. The lowest BCUT2D eigenvalue weighted by Gasteiger charge is -2.34. The van der Waals surface area contributed by atoms with Crippen LogP contribution in [0, 0.1) is 0 Å². The van der Waals surface area contributed by atoms with Crippen molar-refractivity contribution in [3.05, 3.63) is 84.6 Å². The fourth-order valence-corrected chi connectivity index (χ4v) is 4.23. The molecule has 1 aliphatic heterocycles. The predicted octanol–water partition coefficient (Wildman–Crippen LogP) is 3.37. The van der Waals surface area contributed by atoms with Crippen LogP contribution in [-0.2, 0) is 16.0 Å². The van der Waals surface area contributed by atoms with Gasteiger partial charge in [-0.2, -0.15) is 0 Å². The molecule has 0 unspecified atom stereocenters. The summed E-state index contributed by atoms with van der Waals surface area (Å²) in [5.74, 6) is 0.586. The number of aromatic nitrogens is 2. The molecule has 3 aromatic carbocycles. The molecule has 0 bridgehead atoms. The monoisotopic (exact) mass is 496 g/mol. The molecule has 0 radical (unpaired) electrons. The minimum absolute atomic E-state index is 0.283. The molecule has 0 spiro atoms. The lowest BCUT2D eigenvalue weighted by molar-refractivity contribution is -0.119. The number of nitrogens with zero attached hydrogens (tertiary/aromatic N) is 4. The molecule has 5 rings (SSSR count). The molecule has 2 heterocycles. The highest BCUT2D eigenvalue weighted by Crippen LogP contribution is 2.25. The lowest BCUT2D eigenvalue weighted by Crippen LogP contribution is -2.49. The average molecular weight is 497 g/mol. The summed E-state index contributed by atoms with van der Waals surface area (Å²) in [5.41, 5.74) is 11.5. The molecule has 0 saturated carbocycles. The fourth-order valence-electron chi connectivity index (χ4n) is 4.23. The number of carbonyl (C=O) groups is 2. The first-order valence-electron chi connectivity index (χ1n) is 12.3. The Bertz CT molecular complexity index is 1320. The number of carbonyl (C=O) groups excluding carboxylic acids is 2. The van der Waals surface area contributed by atoms with Crippen LogP contribution in [0.4, 0.5) is 11.5 Å². The highest BCUT2D eigenvalue weighted by atomic mass is 16.1. The van der Waals surface area contributed by atoms with Crippen molar-refractivity contribution in [1.82, 2.24) is 14.9 Å². The number of anilines is 2. The molecule has 1 aromatic heterocycles. The van der Waals surface area contributed by atoms with Gasteiger partial charge in [-0.25, -0.2) is 4.98 Å². The van der Waals surface area contributed by atoms with Crippen molar-refractivity contribution in [3.63, 3.8) is 0 Å². The molecule has 0 atom stereocenters. The number of piperazine rings is 1. The number of primary amides is 1. The quantitative estimate of drug-likeness (QED) is 0.378. The van der Waals surface area contributed by atoms with Gasteiger partial charge in [0.05, 0.1) is 23.8 Å². The number of hydrogen-bond donors (Lipinski definition) is 2. The van der Waals surface area contributed by atoms with Crippen LogP contribution >= 0.6 is 0 Å². The minimum Gasteiger partial charge on any atom is -0.388 e. The van der Waals surface area contributed by atoms with Crippen LogP contribution in [-0.4, -0.2) is 66.8 Å². The third-order valence-corrected chi connectivity index (χ3v) is 6.27. The molecular formula is C29H32N6O2. The van der Waals surface area contributed by atoms with E-state index in [1.54, 1.807) is 0 Å². The third kappa shape index (κ3) is 7.11. The smallest absolute Gasteiger partial charge is 0.231 e. The van der Waals surface area contributed by atoms with Crippen LogP contribution in [0.3, 0.4) is 0 Å². The number of rotatable bonds is 7. The second kappa shape index (κ2) is 12.6. The van der Waals surface area contributed by atoms with E-state index in [2.05, 4.69) is 56.5 Å². The van der Waals surface area contributed by atoms with Crippen LogP contribution < -0.4 is 16.0 Å². The molecule has 4 aromatic rings. The largest absolute Gasteiger partial charge is 0.388 e. The van der Waals surface area contributed by atoms with Crippen molar-refractivity contribution in [2.24, 2.45) is 5.73 Å². The molecule has 1 amide bonds. The fraction of sp³-hybridized carbons (Fsp3) is 0.241. The van der Waals surface area contributed by atoms with E-state index >= 15 is 0 Å². The number of aldehydes is 1. The number of nitrogens with two attached hydrogens (primary N) is 1. The zero-order chi connectivity index (χ0) is 26.0. The highest BCUT2D eigenvalue weighted by Gasteiger charge is 2.19. The van der Waals surface area contributed by atoms with Gasteiger partial charge in [0.25, 0.3) is 0 Å². The van der Waals surface area contributed by atoms with Crippen molar-refractivity contribution in [2.45, 2.75) is 6.42 Å². The molecule has 190 valence electrons. The SMILES string of the molecule is CNc1ccc(-c2ccc3ncc(N4CCN(CC(N)=O)CC4)nc3c2)cc1.O=CCc1ccccc1. The van der Waals surface area contributed by atoms with Gasteiger partial charge in [0.15, 0.2) is 0 Å². The average Bonchev–Trinajstić information content (AvgIpc) is 2.94. The molecule has 37 heavy (non-hydrogen) atoms. The number of nitrogens with one attached hydrogen (secondary N) is 1. The molecule has 1 saturated heterocycles. The van der Waals surface area contributed by atoms with Crippen molar-refractivity contribution >= 4 is 34.7 Å². The second-order valence-electron chi connectivity index (χ2n) is 8.84. The molecular weight excluding hydrogens is 464 g/mol. The Morgan fingerprint density at radius 2 is 1.65 bits per heavy atom. The summed E-state index contributed by atoms with van der Waals surface area (Å²) in [6.07, 6.45) is 3.27. The number of benzene rings is 3. The maximum atomic E-state index is 11.1. The zero-order valence-electron chi connectivity index (χ0n) is 21.0. The molecule has 0 aliphatic carbocycles. The van der Waals surface area contributed by atoms with Gasteiger partial charge in [-0.05, 0) is 41.0 Å². The van der Waals surface area contributed by atoms with E-state index in [0.717, 1.165) is 71.7 Å². The Morgan fingerprint density at radius 1 is 0.946 bits per heavy atom. The Labute approximate surface area is 217 Å². The lowest BCUT2D eigenvalue weighted by atomic mass is 10.0. The first-order valence-corrected chi connectivity index (χ1v) is 12.3. The van der Waals surface area contributed by atoms with E-state index in [1.165, 1.54) is 0 Å². The minimum atomic E-state index is -0.283. The van der Waals surface area contributed by atoms with Gasteiger partial charge < -0.3 is 20.7 Å². The molecule has 1 fully saturated rings. The third-order valence-electron chi connectivity index (χ3n) is 6.27. The van der Waals surface area contributed by atoms with Gasteiger partial charge in [0, 0.05) is 45.3 Å². The van der Waals surface area contributed by atoms with E-state index < -0.39 is 0 Å². The van der Waals surface area contributed by atoms with Crippen LogP contribution in [0.2, 0.25) is 0 Å². The van der Waals surface area contributed by atoms with Gasteiger partial charge in [-0.3, -0.25) is 14.7 Å². The van der Waals surface area contributed by atoms with Crippen LogP contribution in [0.1, 0.15) is 5.56 Å². The summed E-state index contributed by atoms with van der Waals surface area (Å²) in [6, 6.07) is 24.2. The normalized spacial score (nSPS) is 13.5. The summed E-state index contributed by atoms with van der Waals surface area (Å²) >= 11 is 0. The Kier molecular flexibility index (Phi) is 8.78. The Balaban J connectivity index is 0.000000301. The van der Waals surface area contributed by atoms with Crippen molar-refractivity contribution < 1.29 is 9.59 Å². The van der Waals surface area contributed by atoms with Gasteiger partial charge in [-0.15, -0.1) is 0 Å². The van der Waals surface area contributed by atoms with Crippen molar-refractivity contribution in [2.75, 3.05) is 50.0 Å². The van der Waals surface area contributed by atoms with E-state index in [0.29, 0.717) is 13.0 Å². The predicted molar refractivity (Wildman–Crippen MR) is 149 cm³/mol. The highest BCUT2D eigenvalue weighted by molar-refractivity contribution is 5.82. The van der Waals surface area contributed by atoms with Crippen molar-refractivity contribution in [1.29, 1.82) is 0 Å². The van der Waals surface area contributed by atoms with Crippen LogP contribution in [0.15, 0.2) is 79.0 Å². The zero-order valence-corrected chi connectivity index (χ0v) is 21.0. The first kappa shape index (κ1) is 25.8. The number of hydrogen-bond acceptors (Lipinski definition) is 7.